The predicted molar refractivity (Wildman–Crippen MR) is 97.7 cm³/mol. The standard InChI is InChI=1S/C19H27N5O/c1-15-6-5-9-17-20-21-19(24(15)17)23-12-10-22(11-13-23)18(25)14-16-7-3-2-4-8-16/h5-6,9,16H,2-4,7-8,10-14H2,1H3. The van der Waals surface area contributed by atoms with Gasteiger partial charge in [0.05, 0.1) is 0 Å². The van der Waals surface area contributed by atoms with Crippen molar-refractivity contribution in [2.75, 3.05) is 31.1 Å². The van der Waals surface area contributed by atoms with Crippen LogP contribution in [0.25, 0.3) is 5.65 Å². The minimum absolute atomic E-state index is 0.342. The van der Waals surface area contributed by atoms with Crippen LogP contribution in [0.4, 0.5) is 5.95 Å². The van der Waals surface area contributed by atoms with Crippen LogP contribution < -0.4 is 4.90 Å². The number of hydrogen-bond donors (Lipinski definition) is 0. The molecule has 4 rings (SSSR count). The van der Waals surface area contributed by atoms with E-state index < -0.39 is 0 Å². The molecule has 0 atom stereocenters. The number of anilines is 1. The van der Waals surface area contributed by atoms with Crippen molar-refractivity contribution < 1.29 is 4.79 Å². The molecule has 6 nitrogen and oxygen atoms in total. The molecule has 25 heavy (non-hydrogen) atoms. The van der Waals surface area contributed by atoms with Crippen molar-refractivity contribution in [3.05, 3.63) is 23.9 Å². The zero-order valence-corrected chi connectivity index (χ0v) is 15.0. The summed E-state index contributed by atoms with van der Waals surface area (Å²) in [5.74, 6) is 1.85. The summed E-state index contributed by atoms with van der Waals surface area (Å²) >= 11 is 0. The van der Waals surface area contributed by atoms with Crippen molar-refractivity contribution in [1.82, 2.24) is 19.5 Å². The first-order chi connectivity index (χ1) is 12.2. The maximum atomic E-state index is 12.6. The molecule has 134 valence electrons. The number of carbonyl (C=O) groups is 1. The third-order valence-corrected chi connectivity index (χ3v) is 5.71. The molecule has 0 N–H and O–H groups in total. The molecule has 0 radical (unpaired) electrons. The van der Waals surface area contributed by atoms with E-state index in [1.54, 1.807) is 0 Å². The number of nitrogens with zero attached hydrogens (tertiary/aromatic N) is 5. The second-order valence-electron chi connectivity index (χ2n) is 7.44. The maximum Gasteiger partial charge on any atom is 0.232 e. The van der Waals surface area contributed by atoms with Gasteiger partial charge in [0.25, 0.3) is 0 Å². The van der Waals surface area contributed by atoms with Gasteiger partial charge in [-0.3, -0.25) is 9.20 Å². The van der Waals surface area contributed by atoms with E-state index in [-0.39, 0.29) is 0 Å². The number of piperazine rings is 1. The van der Waals surface area contributed by atoms with Crippen LogP contribution in [0.5, 0.6) is 0 Å². The number of fused-ring (bicyclic) bond motifs is 1. The van der Waals surface area contributed by atoms with Crippen molar-refractivity contribution in [3.63, 3.8) is 0 Å². The zero-order chi connectivity index (χ0) is 17.2. The van der Waals surface area contributed by atoms with E-state index in [1.807, 2.05) is 17.0 Å². The van der Waals surface area contributed by atoms with Crippen LogP contribution in [-0.2, 0) is 4.79 Å². The second kappa shape index (κ2) is 7.02. The van der Waals surface area contributed by atoms with Gasteiger partial charge in [-0.2, -0.15) is 0 Å². The Balaban J connectivity index is 1.38. The lowest BCUT2D eigenvalue weighted by Gasteiger charge is -2.35. The average Bonchev–Trinajstić information content (AvgIpc) is 3.08. The number of hydrogen-bond acceptors (Lipinski definition) is 4. The monoisotopic (exact) mass is 341 g/mol. The van der Waals surface area contributed by atoms with Gasteiger partial charge in [-0.1, -0.05) is 25.3 Å². The summed E-state index contributed by atoms with van der Waals surface area (Å²) in [6.45, 7) is 5.29. The van der Waals surface area contributed by atoms with E-state index in [9.17, 15) is 4.79 Å². The van der Waals surface area contributed by atoms with Crippen LogP contribution in [0.3, 0.4) is 0 Å². The van der Waals surface area contributed by atoms with Crippen LogP contribution in [-0.4, -0.2) is 51.6 Å². The number of rotatable bonds is 3. The van der Waals surface area contributed by atoms with Gasteiger partial charge in [0, 0.05) is 38.3 Å². The molecule has 6 heteroatoms. The van der Waals surface area contributed by atoms with Gasteiger partial charge >= 0.3 is 0 Å². The van der Waals surface area contributed by atoms with E-state index in [2.05, 4.69) is 32.5 Å². The number of carbonyl (C=O) groups excluding carboxylic acids is 1. The Morgan fingerprint density at radius 1 is 1.08 bits per heavy atom. The second-order valence-corrected chi connectivity index (χ2v) is 7.44. The van der Waals surface area contributed by atoms with Crippen LogP contribution in [0.1, 0.15) is 44.2 Å². The van der Waals surface area contributed by atoms with Gasteiger partial charge in [-0.25, -0.2) is 0 Å². The fourth-order valence-corrected chi connectivity index (χ4v) is 4.21. The van der Waals surface area contributed by atoms with Gasteiger partial charge in [-0.15, -0.1) is 10.2 Å². The minimum atomic E-state index is 0.342. The van der Waals surface area contributed by atoms with Crippen molar-refractivity contribution in [1.29, 1.82) is 0 Å². The fraction of sp³-hybridized carbons (Fsp3) is 0.632. The minimum Gasteiger partial charge on any atom is -0.339 e. The Morgan fingerprint density at radius 3 is 2.60 bits per heavy atom. The number of pyridine rings is 1. The topological polar surface area (TPSA) is 53.7 Å². The normalized spacial score (nSPS) is 19.6. The highest BCUT2D eigenvalue weighted by Gasteiger charge is 2.26. The van der Waals surface area contributed by atoms with E-state index in [0.717, 1.165) is 49.9 Å². The van der Waals surface area contributed by atoms with E-state index in [1.165, 1.54) is 32.1 Å². The molecule has 0 spiro atoms. The predicted octanol–water partition coefficient (Wildman–Crippen LogP) is 2.66. The van der Waals surface area contributed by atoms with E-state index >= 15 is 0 Å². The van der Waals surface area contributed by atoms with Gasteiger partial charge < -0.3 is 9.80 Å². The third-order valence-electron chi connectivity index (χ3n) is 5.71. The van der Waals surface area contributed by atoms with Crippen molar-refractivity contribution in [2.45, 2.75) is 45.4 Å². The third kappa shape index (κ3) is 3.34. The first-order valence-corrected chi connectivity index (χ1v) is 9.56. The summed E-state index contributed by atoms with van der Waals surface area (Å²) < 4.78 is 2.10. The maximum absolute atomic E-state index is 12.6. The SMILES string of the molecule is Cc1cccc2nnc(N3CCN(C(=O)CC4CCCCC4)CC3)n12. The number of amides is 1. The van der Waals surface area contributed by atoms with Gasteiger partial charge in [-0.05, 0) is 37.8 Å². The summed E-state index contributed by atoms with van der Waals surface area (Å²) in [6, 6.07) is 6.06. The molecule has 0 aromatic carbocycles. The molecule has 1 aliphatic carbocycles. The molecule has 0 bridgehead atoms. The first-order valence-electron chi connectivity index (χ1n) is 9.56. The molecular weight excluding hydrogens is 314 g/mol. The molecule has 2 aromatic rings. The van der Waals surface area contributed by atoms with Crippen molar-refractivity contribution in [3.8, 4) is 0 Å². The molecule has 1 aliphatic heterocycles. The highest BCUT2D eigenvalue weighted by molar-refractivity contribution is 5.76. The lowest BCUT2D eigenvalue weighted by Crippen LogP contribution is -2.49. The summed E-state index contributed by atoms with van der Waals surface area (Å²) in [5.41, 5.74) is 2.01. The van der Waals surface area contributed by atoms with Crippen molar-refractivity contribution >= 4 is 17.5 Å². The highest BCUT2D eigenvalue weighted by Crippen LogP contribution is 2.27. The summed E-state index contributed by atoms with van der Waals surface area (Å²) in [4.78, 5) is 16.9. The Morgan fingerprint density at radius 2 is 1.84 bits per heavy atom. The molecule has 2 fully saturated rings. The highest BCUT2D eigenvalue weighted by atomic mass is 16.2. The van der Waals surface area contributed by atoms with E-state index in [0.29, 0.717) is 11.8 Å². The Labute approximate surface area is 148 Å². The zero-order valence-electron chi connectivity index (χ0n) is 15.0. The smallest absolute Gasteiger partial charge is 0.232 e. The largest absolute Gasteiger partial charge is 0.339 e. The lowest BCUT2D eigenvalue weighted by atomic mass is 9.86. The molecule has 2 aromatic heterocycles. The van der Waals surface area contributed by atoms with Crippen LogP contribution in [0.15, 0.2) is 18.2 Å². The van der Waals surface area contributed by atoms with Gasteiger partial charge in [0.15, 0.2) is 5.65 Å². The van der Waals surface area contributed by atoms with Gasteiger partial charge in [0.2, 0.25) is 11.9 Å². The first kappa shape index (κ1) is 16.4. The molecule has 2 aliphatic rings. The molecule has 1 saturated heterocycles. The fourth-order valence-electron chi connectivity index (χ4n) is 4.21. The molecule has 1 amide bonds. The molecule has 1 saturated carbocycles. The van der Waals surface area contributed by atoms with Gasteiger partial charge in [0.1, 0.15) is 0 Å². The Hall–Kier alpha value is -2.11. The number of aryl methyl sites for hydroxylation is 1. The van der Waals surface area contributed by atoms with Crippen molar-refractivity contribution in [2.24, 2.45) is 5.92 Å². The summed E-state index contributed by atoms with van der Waals surface area (Å²) in [7, 11) is 0. The van der Waals surface area contributed by atoms with Crippen LogP contribution >= 0.6 is 0 Å². The molecular formula is C19H27N5O. The Bertz CT molecular complexity index is 741. The number of aromatic nitrogens is 3. The molecule has 0 unspecified atom stereocenters. The Kier molecular flexibility index (Phi) is 4.59. The lowest BCUT2D eigenvalue weighted by molar-refractivity contribution is -0.132. The quantitative estimate of drug-likeness (QED) is 0.861. The molecule has 3 heterocycles. The average molecular weight is 341 g/mol. The van der Waals surface area contributed by atoms with E-state index in [4.69, 9.17) is 0 Å². The summed E-state index contributed by atoms with van der Waals surface area (Å²) in [6.07, 6.45) is 7.14. The van der Waals surface area contributed by atoms with Crippen LogP contribution in [0, 0.1) is 12.8 Å². The summed E-state index contributed by atoms with van der Waals surface area (Å²) in [5, 5.41) is 8.66. The van der Waals surface area contributed by atoms with Crippen LogP contribution in [0.2, 0.25) is 0 Å².